The van der Waals surface area contributed by atoms with E-state index >= 15 is 0 Å². The van der Waals surface area contributed by atoms with Crippen LogP contribution in [-0.2, 0) is 0 Å². The van der Waals surface area contributed by atoms with Crippen molar-refractivity contribution in [3.8, 4) is 0 Å². The topological polar surface area (TPSA) is 20.2 Å². The van der Waals surface area contributed by atoms with Crippen molar-refractivity contribution in [2.45, 2.75) is 32.1 Å². The number of halogens is 1. The first-order valence-electron chi connectivity index (χ1n) is 3.58. The summed E-state index contributed by atoms with van der Waals surface area (Å²) in [5, 5.41) is 8.42. The van der Waals surface area contributed by atoms with E-state index in [1.807, 2.05) is 0 Å². The molecule has 0 aromatic rings. The van der Waals surface area contributed by atoms with Crippen LogP contribution in [0.15, 0.2) is 0 Å². The van der Waals surface area contributed by atoms with Crippen LogP contribution in [0.2, 0.25) is 0 Å². The smallest absolute Gasteiger partial charge is 0.0431 e. The van der Waals surface area contributed by atoms with Gasteiger partial charge in [-0.2, -0.15) is 0 Å². The zero-order valence-electron chi connectivity index (χ0n) is 5.77. The summed E-state index contributed by atoms with van der Waals surface area (Å²) in [6.45, 7) is 0.365. The van der Waals surface area contributed by atoms with Crippen molar-refractivity contribution in [3.63, 3.8) is 0 Å². The van der Waals surface area contributed by atoms with E-state index in [4.69, 9.17) is 5.11 Å². The van der Waals surface area contributed by atoms with E-state index in [0.717, 1.165) is 6.42 Å². The summed E-state index contributed by atoms with van der Waals surface area (Å²) >= 11 is 2.40. The van der Waals surface area contributed by atoms with Gasteiger partial charge >= 0.3 is 0 Å². The Morgan fingerprint density at radius 3 is 2.00 bits per heavy atom. The Balaban J connectivity index is 2.60. The number of aliphatic hydroxyl groups excluding tert-OH is 1. The Morgan fingerprint density at radius 1 is 0.889 bits per heavy atom. The van der Waals surface area contributed by atoms with Gasteiger partial charge in [0.2, 0.25) is 0 Å². The summed E-state index contributed by atoms with van der Waals surface area (Å²) in [5.74, 6) is 0. The maximum Gasteiger partial charge on any atom is 0.0431 e. The van der Waals surface area contributed by atoms with Crippen LogP contribution in [0, 0.1) is 0 Å². The SMILES string of the molecule is OCCCCCCCI. The molecule has 0 aliphatic rings. The number of hydrogen-bond acceptors (Lipinski definition) is 1. The number of aliphatic hydroxyl groups is 1. The van der Waals surface area contributed by atoms with Gasteiger partial charge in [0.05, 0.1) is 0 Å². The van der Waals surface area contributed by atoms with Gasteiger partial charge in [-0.05, 0) is 17.3 Å². The largest absolute Gasteiger partial charge is 0.396 e. The lowest BCUT2D eigenvalue weighted by Gasteiger charge is -1.95. The summed E-state index contributed by atoms with van der Waals surface area (Å²) < 4.78 is 1.27. The third-order valence-electron chi connectivity index (χ3n) is 1.29. The highest BCUT2D eigenvalue weighted by Gasteiger charge is 1.86. The van der Waals surface area contributed by atoms with Crippen molar-refractivity contribution in [3.05, 3.63) is 0 Å². The lowest BCUT2D eigenvalue weighted by Crippen LogP contribution is -1.83. The highest BCUT2D eigenvalue weighted by atomic mass is 127. The van der Waals surface area contributed by atoms with E-state index in [1.165, 1.54) is 30.1 Å². The Labute approximate surface area is 71.0 Å². The second kappa shape index (κ2) is 8.69. The van der Waals surface area contributed by atoms with E-state index in [2.05, 4.69) is 22.6 Å². The standard InChI is InChI=1S/C7H15IO/c8-6-4-2-1-3-5-7-9/h9H,1-7H2. The van der Waals surface area contributed by atoms with Crippen LogP contribution < -0.4 is 0 Å². The second-order valence-corrected chi connectivity index (χ2v) is 3.26. The van der Waals surface area contributed by atoms with Gasteiger partial charge in [0.1, 0.15) is 0 Å². The molecule has 0 heterocycles. The Kier molecular flexibility index (Phi) is 9.36. The normalized spacial score (nSPS) is 10.0. The number of unbranched alkanes of at least 4 members (excludes halogenated alkanes) is 4. The molecule has 0 spiro atoms. The quantitative estimate of drug-likeness (QED) is 0.430. The molecule has 0 rings (SSSR count). The molecule has 0 aromatic heterocycles. The molecule has 0 atom stereocenters. The van der Waals surface area contributed by atoms with Gasteiger partial charge in [-0.3, -0.25) is 0 Å². The molecule has 56 valence electrons. The minimum Gasteiger partial charge on any atom is -0.396 e. The van der Waals surface area contributed by atoms with Gasteiger partial charge in [-0.25, -0.2) is 0 Å². The van der Waals surface area contributed by atoms with Crippen molar-refractivity contribution in [1.29, 1.82) is 0 Å². The number of alkyl halides is 1. The van der Waals surface area contributed by atoms with Crippen molar-refractivity contribution < 1.29 is 5.11 Å². The van der Waals surface area contributed by atoms with Crippen LogP contribution in [-0.4, -0.2) is 16.1 Å². The summed E-state index contributed by atoms with van der Waals surface area (Å²) in [6.07, 6.45) is 6.16. The molecule has 0 aromatic carbocycles. The van der Waals surface area contributed by atoms with Crippen molar-refractivity contribution in [1.82, 2.24) is 0 Å². The highest BCUT2D eigenvalue weighted by Crippen LogP contribution is 2.03. The molecule has 0 unspecified atom stereocenters. The van der Waals surface area contributed by atoms with E-state index in [-0.39, 0.29) is 0 Å². The van der Waals surface area contributed by atoms with E-state index in [0.29, 0.717) is 6.61 Å². The molecule has 1 nitrogen and oxygen atoms in total. The average molecular weight is 242 g/mol. The molecule has 1 N–H and O–H groups in total. The molecule has 0 saturated heterocycles. The number of rotatable bonds is 6. The summed E-state index contributed by atoms with van der Waals surface area (Å²) in [7, 11) is 0. The van der Waals surface area contributed by atoms with Crippen LogP contribution in [0.1, 0.15) is 32.1 Å². The van der Waals surface area contributed by atoms with Gasteiger partial charge in [-0.1, -0.05) is 41.9 Å². The summed E-state index contributed by atoms with van der Waals surface area (Å²) in [4.78, 5) is 0. The molecule has 0 aliphatic carbocycles. The maximum atomic E-state index is 8.42. The van der Waals surface area contributed by atoms with Gasteiger partial charge in [0.25, 0.3) is 0 Å². The minimum atomic E-state index is 0.365. The molecule has 0 fully saturated rings. The Hall–Kier alpha value is 0.690. The molecule has 0 aliphatic heterocycles. The van der Waals surface area contributed by atoms with Crippen LogP contribution in [0.5, 0.6) is 0 Å². The summed E-state index contributed by atoms with van der Waals surface area (Å²) in [5.41, 5.74) is 0. The molecule has 0 radical (unpaired) electrons. The molecular formula is C7H15IO. The molecule has 0 amide bonds. The fourth-order valence-corrected chi connectivity index (χ4v) is 1.28. The molecule has 2 heteroatoms. The van der Waals surface area contributed by atoms with Gasteiger partial charge < -0.3 is 5.11 Å². The van der Waals surface area contributed by atoms with Crippen molar-refractivity contribution in [2.75, 3.05) is 11.0 Å². The van der Waals surface area contributed by atoms with E-state index < -0.39 is 0 Å². The number of hydrogen-bond donors (Lipinski definition) is 1. The lowest BCUT2D eigenvalue weighted by molar-refractivity contribution is 0.282. The van der Waals surface area contributed by atoms with E-state index in [9.17, 15) is 0 Å². The molecule has 0 bridgehead atoms. The minimum absolute atomic E-state index is 0.365. The predicted molar refractivity (Wildman–Crippen MR) is 49.1 cm³/mol. The van der Waals surface area contributed by atoms with Crippen molar-refractivity contribution >= 4 is 22.6 Å². The van der Waals surface area contributed by atoms with Crippen LogP contribution in [0.4, 0.5) is 0 Å². The van der Waals surface area contributed by atoms with Gasteiger partial charge in [0.15, 0.2) is 0 Å². The van der Waals surface area contributed by atoms with Gasteiger partial charge in [-0.15, -0.1) is 0 Å². The monoisotopic (exact) mass is 242 g/mol. The third kappa shape index (κ3) is 8.69. The first-order chi connectivity index (χ1) is 4.41. The van der Waals surface area contributed by atoms with Crippen LogP contribution in [0.25, 0.3) is 0 Å². The first-order valence-corrected chi connectivity index (χ1v) is 5.11. The Morgan fingerprint density at radius 2 is 1.44 bits per heavy atom. The van der Waals surface area contributed by atoms with Crippen molar-refractivity contribution in [2.24, 2.45) is 0 Å². The fraction of sp³-hybridized carbons (Fsp3) is 1.00. The van der Waals surface area contributed by atoms with Gasteiger partial charge in [0, 0.05) is 6.61 Å². The Bertz CT molecular complexity index is 42.2. The van der Waals surface area contributed by atoms with E-state index in [1.54, 1.807) is 0 Å². The second-order valence-electron chi connectivity index (χ2n) is 2.18. The summed E-state index contributed by atoms with van der Waals surface area (Å²) in [6, 6.07) is 0. The molecule has 0 saturated carbocycles. The zero-order chi connectivity index (χ0) is 6.95. The van der Waals surface area contributed by atoms with Crippen LogP contribution in [0.3, 0.4) is 0 Å². The average Bonchev–Trinajstić information content (AvgIpc) is 1.89. The highest BCUT2D eigenvalue weighted by molar-refractivity contribution is 14.1. The van der Waals surface area contributed by atoms with Crippen LogP contribution >= 0.6 is 22.6 Å². The zero-order valence-corrected chi connectivity index (χ0v) is 7.93. The maximum absolute atomic E-state index is 8.42. The first kappa shape index (κ1) is 9.69. The lowest BCUT2D eigenvalue weighted by atomic mass is 10.2. The third-order valence-corrected chi connectivity index (χ3v) is 2.05. The fourth-order valence-electron chi connectivity index (χ4n) is 0.737. The predicted octanol–water partition coefficient (Wildman–Crippen LogP) is 2.36. The molecular weight excluding hydrogens is 227 g/mol. The molecule has 9 heavy (non-hydrogen) atoms.